The van der Waals surface area contributed by atoms with Gasteiger partial charge in [-0.15, -0.1) is 0 Å². The van der Waals surface area contributed by atoms with E-state index in [2.05, 4.69) is 9.97 Å². The SMILES string of the molecule is Nc1ncccc1C(=O)c1nc(Cl)ccc1C(F)(F)F. The van der Waals surface area contributed by atoms with Crippen LogP contribution in [-0.2, 0) is 6.18 Å². The highest BCUT2D eigenvalue weighted by molar-refractivity contribution is 6.29. The zero-order chi connectivity index (χ0) is 14.9. The quantitative estimate of drug-likeness (QED) is 0.684. The molecule has 8 heteroatoms. The lowest BCUT2D eigenvalue weighted by molar-refractivity contribution is -0.138. The van der Waals surface area contributed by atoms with Gasteiger partial charge in [0.25, 0.3) is 0 Å². The van der Waals surface area contributed by atoms with Gasteiger partial charge in [0.2, 0.25) is 5.78 Å². The fourth-order valence-electron chi connectivity index (χ4n) is 1.57. The van der Waals surface area contributed by atoms with E-state index in [-0.39, 0.29) is 16.5 Å². The van der Waals surface area contributed by atoms with Gasteiger partial charge < -0.3 is 5.73 Å². The highest BCUT2D eigenvalue weighted by atomic mass is 35.5. The summed E-state index contributed by atoms with van der Waals surface area (Å²) in [5.41, 5.74) is 3.35. The molecule has 2 rings (SSSR count). The molecule has 0 spiro atoms. The molecule has 0 saturated carbocycles. The summed E-state index contributed by atoms with van der Waals surface area (Å²) in [4.78, 5) is 19.3. The van der Waals surface area contributed by atoms with Crippen molar-refractivity contribution in [2.75, 3.05) is 5.73 Å². The number of nitrogen functional groups attached to an aromatic ring is 1. The van der Waals surface area contributed by atoms with E-state index in [0.717, 1.165) is 6.07 Å². The smallest absolute Gasteiger partial charge is 0.383 e. The predicted octanol–water partition coefficient (Wildman–Crippen LogP) is 2.96. The lowest BCUT2D eigenvalue weighted by atomic mass is 10.0. The van der Waals surface area contributed by atoms with Gasteiger partial charge in [0, 0.05) is 6.20 Å². The largest absolute Gasteiger partial charge is 0.418 e. The molecule has 0 aliphatic heterocycles. The molecule has 0 aliphatic carbocycles. The van der Waals surface area contributed by atoms with Crippen LogP contribution in [0, 0.1) is 0 Å². The Morgan fingerprint density at radius 1 is 1.25 bits per heavy atom. The molecule has 0 aliphatic rings. The van der Waals surface area contributed by atoms with Crippen LogP contribution in [-0.4, -0.2) is 15.8 Å². The van der Waals surface area contributed by atoms with E-state index in [1.165, 1.54) is 18.3 Å². The number of alkyl halides is 3. The molecule has 0 saturated heterocycles. The third-order valence-corrected chi connectivity index (χ3v) is 2.68. The van der Waals surface area contributed by atoms with Crippen LogP contribution in [0.4, 0.5) is 19.0 Å². The lowest BCUT2D eigenvalue weighted by Gasteiger charge is -2.11. The average Bonchev–Trinajstić information content (AvgIpc) is 2.37. The third-order valence-electron chi connectivity index (χ3n) is 2.46. The van der Waals surface area contributed by atoms with Crippen molar-refractivity contribution in [2.24, 2.45) is 0 Å². The number of hydrogen-bond acceptors (Lipinski definition) is 4. The van der Waals surface area contributed by atoms with E-state index in [0.29, 0.717) is 6.07 Å². The van der Waals surface area contributed by atoms with Gasteiger partial charge in [-0.1, -0.05) is 11.6 Å². The molecule has 2 heterocycles. The molecule has 2 aromatic heterocycles. The van der Waals surface area contributed by atoms with Crippen LogP contribution in [0.15, 0.2) is 30.5 Å². The highest BCUT2D eigenvalue weighted by Gasteiger charge is 2.36. The second-order valence-corrected chi connectivity index (χ2v) is 4.18. The number of carbonyl (C=O) groups excluding carboxylic acids is 1. The Morgan fingerprint density at radius 3 is 2.55 bits per heavy atom. The van der Waals surface area contributed by atoms with E-state index in [4.69, 9.17) is 17.3 Å². The number of pyridine rings is 2. The number of halogens is 4. The van der Waals surface area contributed by atoms with Gasteiger partial charge in [-0.3, -0.25) is 4.79 Å². The van der Waals surface area contributed by atoms with E-state index < -0.39 is 23.2 Å². The summed E-state index contributed by atoms with van der Waals surface area (Å²) >= 11 is 5.56. The Hall–Kier alpha value is -2.15. The Labute approximate surface area is 116 Å². The van der Waals surface area contributed by atoms with Crippen LogP contribution < -0.4 is 5.73 Å². The molecule has 104 valence electrons. The van der Waals surface area contributed by atoms with Gasteiger partial charge >= 0.3 is 6.18 Å². The number of nitrogens with zero attached hydrogens (tertiary/aromatic N) is 2. The normalized spacial score (nSPS) is 11.4. The number of aromatic nitrogens is 2. The second-order valence-electron chi connectivity index (χ2n) is 3.79. The monoisotopic (exact) mass is 301 g/mol. The molecule has 0 fully saturated rings. The lowest BCUT2D eigenvalue weighted by Crippen LogP contribution is -2.17. The average molecular weight is 302 g/mol. The second kappa shape index (κ2) is 5.09. The van der Waals surface area contributed by atoms with Crippen molar-refractivity contribution in [1.82, 2.24) is 9.97 Å². The zero-order valence-electron chi connectivity index (χ0n) is 9.78. The molecular formula is C12H7ClF3N3O. The molecule has 2 aromatic rings. The van der Waals surface area contributed by atoms with Gasteiger partial charge in [0.15, 0.2) is 0 Å². The minimum absolute atomic E-state index is 0.159. The molecule has 4 nitrogen and oxygen atoms in total. The van der Waals surface area contributed by atoms with Crippen LogP contribution in [0.3, 0.4) is 0 Å². The number of nitrogens with two attached hydrogens (primary N) is 1. The van der Waals surface area contributed by atoms with Crippen molar-refractivity contribution in [3.63, 3.8) is 0 Å². The van der Waals surface area contributed by atoms with Crippen molar-refractivity contribution in [1.29, 1.82) is 0 Å². The number of carbonyl (C=O) groups is 1. The summed E-state index contributed by atoms with van der Waals surface area (Å²) in [5.74, 6) is -1.15. The summed E-state index contributed by atoms with van der Waals surface area (Å²) in [7, 11) is 0. The predicted molar refractivity (Wildman–Crippen MR) is 66.3 cm³/mol. The molecule has 0 unspecified atom stereocenters. The Kier molecular flexibility index (Phi) is 3.63. The van der Waals surface area contributed by atoms with Crippen molar-refractivity contribution >= 4 is 23.2 Å². The number of rotatable bonds is 2. The van der Waals surface area contributed by atoms with Gasteiger partial charge in [-0.05, 0) is 24.3 Å². The van der Waals surface area contributed by atoms with Crippen molar-refractivity contribution in [3.8, 4) is 0 Å². The molecule has 2 N–H and O–H groups in total. The van der Waals surface area contributed by atoms with Gasteiger partial charge in [0.1, 0.15) is 16.7 Å². The Balaban J connectivity index is 2.61. The fraction of sp³-hybridized carbons (Fsp3) is 0.0833. The van der Waals surface area contributed by atoms with Crippen LogP contribution in [0.2, 0.25) is 5.15 Å². The maximum Gasteiger partial charge on any atom is 0.418 e. The van der Waals surface area contributed by atoms with Gasteiger partial charge in [0.05, 0.1) is 11.1 Å². The molecular weight excluding hydrogens is 295 g/mol. The zero-order valence-corrected chi connectivity index (χ0v) is 10.5. The van der Waals surface area contributed by atoms with E-state index >= 15 is 0 Å². The van der Waals surface area contributed by atoms with Crippen LogP contribution >= 0.6 is 11.6 Å². The first kappa shape index (κ1) is 14.3. The maximum absolute atomic E-state index is 12.9. The van der Waals surface area contributed by atoms with E-state index in [1.54, 1.807) is 0 Å². The summed E-state index contributed by atoms with van der Waals surface area (Å²) in [6.07, 6.45) is -3.40. The Bertz CT molecular complexity index is 673. The first-order valence-corrected chi connectivity index (χ1v) is 5.67. The summed E-state index contributed by atoms with van der Waals surface area (Å²) < 4.78 is 38.6. The standard InChI is InChI=1S/C12H7ClF3N3O/c13-8-4-3-7(12(14,15)16)9(19-8)10(20)6-2-1-5-18-11(6)17/h1-5H,(H2,17,18). The minimum Gasteiger partial charge on any atom is -0.383 e. The molecule has 20 heavy (non-hydrogen) atoms. The third kappa shape index (κ3) is 2.72. The summed E-state index contributed by atoms with van der Waals surface area (Å²) in [6, 6.07) is 4.33. The fourth-order valence-corrected chi connectivity index (χ4v) is 1.72. The van der Waals surface area contributed by atoms with Crippen molar-refractivity contribution in [3.05, 3.63) is 52.4 Å². The Morgan fingerprint density at radius 2 is 1.95 bits per heavy atom. The molecule has 0 bridgehead atoms. The highest BCUT2D eigenvalue weighted by Crippen LogP contribution is 2.33. The maximum atomic E-state index is 12.9. The number of ketones is 1. The topological polar surface area (TPSA) is 68.9 Å². The van der Waals surface area contributed by atoms with Crippen LogP contribution in [0.5, 0.6) is 0 Å². The molecule has 0 aromatic carbocycles. The van der Waals surface area contributed by atoms with Gasteiger partial charge in [-0.2, -0.15) is 13.2 Å². The molecule has 0 atom stereocenters. The van der Waals surface area contributed by atoms with Crippen molar-refractivity contribution in [2.45, 2.75) is 6.18 Å². The van der Waals surface area contributed by atoms with E-state index in [1.807, 2.05) is 0 Å². The van der Waals surface area contributed by atoms with E-state index in [9.17, 15) is 18.0 Å². The molecule has 0 amide bonds. The molecule has 0 radical (unpaired) electrons. The minimum atomic E-state index is -4.72. The first-order chi connectivity index (χ1) is 9.30. The van der Waals surface area contributed by atoms with Crippen LogP contribution in [0.1, 0.15) is 21.6 Å². The first-order valence-electron chi connectivity index (χ1n) is 5.29. The van der Waals surface area contributed by atoms with Gasteiger partial charge in [-0.25, -0.2) is 9.97 Å². The number of hydrogen-bond donors (Lipinski definition) is 1. The van der Waals surface area contributed by atoms with Crippen LogP contribution in [0.25, 0.3) is 0 Å². The summed E-state index contributed by atoms with van der Waals surface area (Å²) in [6.45, 7) is 0. The summed E-state index contributed by atoms with van der Waals surface area (Å²) in [5, 5.41) is -0.219. The van der Waals surface area contributed by atoms with Crippen molar-refractivity contribution < 1.29 is 18.0 Å². The number of anilines is 1.